The van der Waals surface area contributed by atoms with Crippen molar-refractivity contribution in [1.29, 1.82) is 0 Å². The van der Waals surface area contributed by atoms with Gasteiger partial charge >= 0.3 is 0 Å². The lowest BCUT2D eigenvalue weighted by Gasteiger charge is -2.12. The first kappa shape index (κ1) is 16.4. The molecule has 0 spiro atoms. The van der Waals surface area contributed by atoms with Crippen LogP contribution in [0.5, 0.6) is 0 Å². The molecule has 1 unspecified atom stereocenters. The molecule has 3 N–H and O–H groups in total. The number of anilines is 1. The molecule has 0 radical (unpaired) electrons. The summed E-state index contributed by atoms with van der Waals surface area (Å²) < 4.78 is 0. The Morgan fingerprint density at radius 2 is 2.09 bits per heavy atom. The minimum Gasteiger partial charge on any atom is -0.362 e. The summed E-state index contributed by atoms with van der Waals surface area (Å²) in [6.07, 6.45) is 3.29. The number of benzene rings is 1. The molecule has 6 heteroatoms. The van der Waals surface area contributed by atoms with Crippen LogP contribution in [-0.4, -0.2) is 23.8 Å². The van der Waals surface area contributed by atoms with Crippen molar-refractivity contribution in [1.82, 2.24) is 10.7 Å². The molecule has 1 heterocycles. The van der Waals surface area contributed by atoms with E-state index in [1.807, 2.05) is 12.1 Å². The standard InChI is InChI=1S/C16H22N4OS/c1-11(2)12-5-7-14(8-6-12)19-16(22)17-9-3-4-13-10-18-20-15(13)21/h5-8,10-11,13H,3-4,9H2,1-2H3,(H,20,21)(H2,17,19,22). The summed E-state index contributed by atoms with van der Waals surface area (Å²) in [4.78, 5) is 11.3. The van der Waals surface area contributed by atoms with Gasteiger partial charge < -0.3 is 10.6 Å². The van der Waals surface area contributed by atoms with Gasteiger partial charge in [0, 0.05) is 18.4 Å². The Kier molecular flexibility index (Phi) is 5.89. The fourth-order valence-electron chi connectivity index (χ4n) is 2.20. The maximum atomic E-state index is 11.3. The third-order valence-electron chi connectivity index (χ3n) is 3.58. The molecule has 2 rings (SSSR count). The van der Waals surface area contributed by atoms with Gasteiger partial charge in [0.2, 0.25) is 5.91 Å². The van der Waals surface area contributed by atoms with E-state index in [1.54, 1.807) is 6.21 Å². The van der Waals surface area contributed by atoms with E-state index in [-0.39, 0.29) is 11.8 Å². The summed E-state index contributed by atoms with van der Waals surface area (Å²) in [7, 11) is 0. The predicted octanol–water partition coefficient (Wildman–Crippen LogP) is 2.61. The Morgan fingerprint density at radius 3 is 2.68 bits per heavy atom. The van der Waals surface area contributed by atoms with E-state index in [4.69, 9.17) is 12.2 Å². The highest BCUT2D eigenvalue weighted by molar-refractivity contribution is 7.80. The van der Waals surface area contributed by atoms with E-state index in [0.717, 1.165) is 25.1 Å². The molecule has 0 saturated carbocycles. The van der Waals surface area contributed by atoms with Crippen LogP contribution in [0.25, 0.3) is 0 Å². The number of hydrogen-bond acceptors (Lipinski definition) is 3. The molecule has 0 bridgehead atoms. The monoisotopic (exact) mass is 318 g/mol. The third kappa shape index (κ3) is 4.80. The molecule has 0 aliphatic carbocycles. The van der Waals surface area contributed by atoms with Crippen molar-refractivity contribution in [2.24, 2.45) is 11.0 Å². The van der Waals surface area contributed by atoms with Gasteiger partial charge in [-0.15, -0.1) is 0 Å². The van der Waals surface area contributed by atoms with Crippen molar-refractivity contribution in [2.45, 2.75) is 32.6 Å². The van der Waals surface area contributed by atoms with Gasteiger partial charge in [0.25, 0.3) is 0 Å². The average Bonchev–Trinajstić information content (AvgIpc) is 2.89. The van der Waals surface area contributed by atoms with Gasteiger partial charge in [0.15, 0.2) is 5.11 Å². The molecular formula is C16H22N4OS. The van der Waals surface area contributed by atoms with Crippen molar-refractivity contribution >= 4 is 35.1 Å². The van der Waals surface area contributed by atoms with Crippen molar-refractivity contribution in [2.75, 3.05) is 11.9 Å². The summed E-state index contributed by atoms with van der Waals surface area (Å²) in [6.45, 7) is 5.07. The van der Waals surface area contributed by atoms with E-state index in [0.29, 0.717) is 11.0 Å². The van der Waals surface area contributed by atoms with Gasteiger partial charge in [-0.05, 0) is 48.7 Å². The second-order valence-electron chi connectivity index (χ2n) is 5.66. The number of rotatable bonds is 6. The summed E-state index contributed by atoms with van der Waals surface area (Å²) in [5, 5.41) is 10.7. The molecule has 1 aliphatic heterocycles. The summed E-state index contributed by atoms with van der Waals surface area (Å²) >= 11 is 5.26. The minimum absolute atomic E-state index is 0.0223. The number of nitrogens with zero attached hydrogens (tertiary/aromatic N) is 1. The van der Waals surface area contributed by atoms with Crippen LogP contribution in [0.1, 0.15) is 38.2 Å². The molecule has 22 heavy (non-hydrogen) atoms. The molecule has 1 aromatic rings. The highest BCUT2D eigenvalue weighted by atomic mass is 32.1. The number of hydrogen-bond donors (Lipinski definition) is 3. The first-order chi connectivity index (χ1) is 10.6. The Labute approximate surface area is 136 Å². The fourth-order valence-corrected chi connectivity index (χ4v) is 2.42. The zero-order valence-electron chi connectivity index (χ0n) is 12.9. The molecule has 1 aromatic carbocycles. The zero-order valence-corrected chi connectivity index (χ0v) is 13.7. The summed E-state index contributed by atoms with van der Waals surface area (Å²) in [5.41, 5.74) is 4.72. The van der Waals surface area contributed by atoms with E-state index >= 15 is 0 Å². The molecule has 0 fully saturated rings. The molecule has 118 valence electrons. The van der Waals surface area contributed by atoms with E-state index in [9.17, 15) is 4.79 Å². The lowest BCUT2D eigenvalue weighted by Crippen LogP contribution is -2.30. The normalized spacial score (nSPS) is 16.7. The highest BCUT2D eigenvalue weighted by Crippen LogP contribution is 2.17. The van der Waals surface area contributed by atoms with Crippen molar-refractivity contribution in [3.8, 4) is 0 Å². The van der Waals surface area contributed by atoms with Crippen LogP contribution in [0.2, 0.25) is 0 Å². The molecule has 0 saturated heterocycles. The van der Waals surface area contributed by atoms with Crippen LogP contribution in [0.3, 0.4) is 0 Å². The Hall–Kier alpha value is -1.95. The molecule has 1 atom stereocenters. The van der Waals surface area contributed by atoms with Crippen LogP contribution < -0.4 is 16.1 Å². The molecule has 1 amide bonds. The lowest BCUT2D eigenvalue weighted by molar-refractivity contribution is -0.122. The smallest absolute Gasteiger partial charge is 0.248 e. The SMILES string of the molecule is CC(C)c1ccc(NC(=S)NCCCC2C=NNC2=O)cc1. The second-order valence-corrected chi connectivity index (χ2v) is 6.07. The topological polar surface area (TPSA) is 65.5 Å². The minimum atomic E-state index is -0.105. The van der Waals surface area contributed by atoms with E-state index in [1.165, 1.54) is 5.56 Å². The van der Waals surface area contributed by atoms with Gasteiger partial charge in [-0.2, -0.15) is 5.10 Å². The van der Waals surface area contributed by atoms with E-state index < -0.39 is 0 Å². The maximum Gasteiger partial charge on any atom is 0.248 e. The number of carbonyl (C=O) groups excluding carboxylic acids is 1. The van der Waals surface area contributed by atoms with Crippen molar-refractivity contribution in [3.63, 3.8) is 0 Å². The first-order valence-corrected chi connectivity index (χ1v) is 7.95. The number of carbonyl (C=O) groups is 1. The summed E-state index contributed by atoms with van der Waals surface area (Å²) in [6, 6.07) is 8.27. The summed E-state index contributed by atoms with van der Waals surface area (Å²) in [5.74, 6) is 0.397. The zero-order chi connectivity index (χ0) is 15.9. The molecular weight excluding hydrogens is 296 g/mol. The maximum absolute atomic E-state index is 11.3. The molecule has 1 aliphatic rings. The largest absolute Gasteiger partial charge is 0.362 e. The van der Waals surface area contributed by atoms with Gasteiger partial charge in [0.05, 0.1) is 5.92 Å². The van der Waals surface area contributed by atoms with Crippen LogP contribution in [-0.2, 0) is 4.79 Å². The third-order valence-corrected chi connectivity index (χ3v) is 3.83. The average molecular weight is 318 g/mol. The Morgan fingerprint density at radius 1 is 1.36 bits per heavy atom. The first-order valence-electron chi connectivity index (χ1n) is 7.54. The van der Waals surface area contributed by atoms with Crippen molar-refractivity contribution in [3.05, 3.63) is 29.8 Å². The lowest BCUT2D eigenvalue weighted by atomic mass is 10.0. The predicted molar refractivity (Wildman–Crippen MR) is 94.1 cm³/mol. The number of nitrogens with one attached hydrogen (secondary N) is 3. The van der Waals surface area contributed by atoms with Gasteiger partial charge in [-0.25, -0.2) is 5.43 Å². The fraction of sp³-hybridized carbons (Fsp3) is 0.438. The van der Waals surface area contributed by atoms with Crippen molar-refractivity contribution < 1.29 is 4.79 Å². The molecule has 5 nitrogen and oxygen atoms in total. The van der Waals surface area contributed by atoms with Crippen LogP contribution in [0.15, 0.2) is 29.4 Å². The van der Waals surface area contributed by atoms with E-state index in [2.05, 4.69) is 47.1 Å². The molecule has 0 aromatic heterocycles. The van der Waals surface area contributed by atoms with Gasteiger partial charge in [-0.3, -0.25) is 4.79 Å². The Balaban J connectivity index is 1.67. The highest BCUT2D eigenvalue weighted by Gasteiger charge is 2.19. The van der Waals surface area contributed by atoms with Gasteiger partial charge in [0.1, 0.15) is 0 Å². The van der Waals surface area contributed by atoms with Crippen LogP contribution >= 0.6 is 12.2 Å². The van der Waals surface area contributed by atoms with Crippen LogP contribution in [0.4, 0.5) is 5.69 Å². The number of amides is 1. The number of hydrazone groups is 1. The number of thiocarbonyl (C=S) groups is 1. The second kappa shape index (κ2) is 7.89. The quantitative estimate of drug-likeness (QED) is 0.557. The Bertz CT molecular complexity index is 554. The van der Waals surface area contributed by atoms with Crippen LogP contribution in [0, 0.1) is 5.92 Å². The van der Waals surface area contributed by atoms with Gasteiger partial charge in [-0.1, -0.05) is 26.0 Å².